The fourth-order valence-electron chi connectivity index (χ4n) is 1.81. The smallest absolute Gasteiger partial charge is 0.247 e. The van der Waals surface area contributed by atoms with Gasteiger partial charge < -0.3 is 5.32 Å². The molecule has 1 saturated heterocycles. The topological polar surface area (TPSA) is 49.4 Å². The summed E-state index contributed by atoms with van der Waals surface area (Å²) in [5.41, 5.74) is 0. The van der Waals surface area contributed by atoms with Crippen LogP contribution >= 0.6 is 0 Å². The Morgan fingerprint density at radius 1 is 1.47 bits per heavy atom. The second kappa shape index (κ2) is 5.26. The number of unbranched alkanes of at least 4 members (excludes halogenated alkanes) is 1. The number of carbonyl (C=O) groups excluding carboxylic acids is 2. The van der Waals surface area contributed by atoms with Gasteiger partial charge in [0.2, 0.25) is 11.8 Å². The lowest BCUT2D eigenvalue weighted by atomic mass is 10.2. The van der Waals surface area contributed by atoms with Gasteiger partial charge in [-0.1, -0.05) is 13.3 Å². The molecule has 15 heavy (non-hydrogen) atoms. The van der Waals surface area contributed by atoms with Crippen LogP contribution in [0.15, 0.2) is 0 Å². The van der Waals surface area contributed by atoms with E-state index in [9.17, 15) is 9.59 Å². The maximum absolute atomic E-state index is 11.8. The molecule has 0 bridgehead atoms. The molecular weight excluding hydrogens is 192 g/mol. The molecule has 4 heteroatoms. The van der Waals surface area contributed by atoms with Gasteiger partial charge in [-0.15, -0.1) is 0 Å². The van der Waals surface area contributed by atoms with Crippen molar-refractivity contribution in [2.24, 2.45) is 0 Å². The normalized spacial score (nSPS) is 21.9. The molecule has 0 spiro atoms. The minimum atomic E-state index is -0.286. The first-order valence-electron chi connectivity index (χ1n) is 5.67. The maximum atomic E-state index is 11.8. The van der Waals surface area contributed by atoms with Crippen LogP contribution in [0, 0.1) is 0 Å². The summed E-state index contributed by atoms with van der Waals surface area (Å²) in [6, 6.07) is -0.311. The van der Waals surface area contributed by atoms with Gasteiger partial charge in [0.25, 0.3) is 0 Å². The third-order valence-electron chi connectivity index (χ3n) is 2.62. The zero-order valence-electron chi connectivity index (χ0n) is 9.75. The summed E-state index contributed by atoms with van der Waals surface area (Å²) in [4.78, 5) is 24.7. The van der Waals surface area contributed by atoms with Crippen LogP contribution in [0.5, 0.6) is 0 Å². The van der Waals surface area contributed by atoms with E-state index in [0.29, 0.717) is 6.42 Å². The molecule has 1 atom stereocenters. The Morgan fingerprint density at radius 2 is 2.13 bits per heavy atom. The predicted molar refractivity (Wildman–Crippen MR) is 58.3 cm³/mol. The number of hydrogen-bond donors (Lipinski definition) is 1. The van der Waals surface area contributed by atoms with Crippen molar-refractivity contribution in [3.63, 3.8) is 0 Å². The van der Waals surface area contributed by atoms with Gasteiger partial charge in [0.15, 0.2) is 0 Å². The lowest BCUT2D eigenvalue weighted by Gasteiger charge is -2.19. The van der Waals surface area contributed by atoms with Gasteiger partial charge in [0.05, 0.1) is 12.5 Å². The summed E-state index contributed by atoms with van der Waals surface area (Å²) in [5.74, 6) is -0.116. The van der Waals surface area contributed by atoms with Crippen LogP contribution in [-0.4, -0.2) is 35.3 Å². The molecule has 0 saturated carbocycles. The Hall–Kier alpha value is -0.900. The quantitative estimate of drug-likeness (QED) is 0.544. The van der Waals surface area contributed by atoms with Crippen LogP contribution < -0.4 is 5.32 Å². The molecule has 1 rings (SSSR count). The summed E-state index contributed by atoms with van der Waals surface area (Å²) in [6.45, 7) is 6.64. The molecule has 1 fully saturated rings. The van der Waals surface area contributed by atoms with Crippen molar-refractivity contribution in [1.29, 1.82) is 0 Å². The molecule has 1 aliphatic heterocycles. The van der Waals surface area contributed by atoms with Crippen molar-refractivity contribution in [3.8, 4) is 0 Å². The first kappa shape index (κ1) is 12.2. The highest BCUT2D eigenvalue weighted by molar-refractivity contribution is 6.05. The maximum Gasteiger partial charge on any atom is 0.247 e. The van der Waals surface area contributed by atoms with Gasteiger partial charge in [-0.3, -0.25) is 14.5 Å². The number of imide groups is 1. The van der Waals surface area contributed by atoms with Crippen molar-refractivity contribution in [2.45, 2.75) is 52.1 Å². The lowest BCUT2D eigenvalue weighted by Crippen LogP contribution is -2.42. The Morgan fingerprint density at radius 3 is 2.60 bits per heavy atom. The molecule has 0 aromatic heterocycles. The molecule has 2 amide bonds. The van der Waals surface area contributed by atoms with E-state index in [2.05, 4.69) is 12.2 Å². The Labute approximate surface area is 91.0 Å². The molecule has 0 aromatic carbocycles. The minimum absolute atomic E-state index is 0.0250. The summed E-state index contributed by atoms with van der Waals surface area (Å²) >= 11 is 0. The monoisotopic (exact) mass is 212 g/mol. The minimum Gasteiger partial charge on any atom is -0.305 e. The van der Waals surface area contributed by atoms with Gasteiger partial charge in [-0.2, -0.15) is 0 Å². The molecule has 1 unspecified atom stereocenters. The number of nitrogens with zero attached hydrogens (tertiary/aromatic N) is 1. The van der Waals surface area contributed by atoms with Crippen molar-refractivity contribution in [1.82, 2.24) is 10.2 Å². The molecule has 1 heterocycles. The number of rotatable bonds is 5. The largest absolute Gasteiger partial charge is 0.305 e. The van der Waals surface area contributed by atoms with E-state index in [1.54, 1.807) is 0 Å². The zero-order valence-corrected chi connectivity index (χ0v) is 9.75. The lowest BCUT2D eigenvalue weighted by molar-refractivity contribution is -0.140. The van der Waals surface area contributed by atoms with Gasteiger partial charge in [0.1, 0.15) is 0 Å². The molecule has 1 aliphatic rings. The second-order valence-electron chi connectivity index (χ2n) is 4.26. The number of carbonyl (C=O) groups is 2. The molecule has 86 valence electrons. The predicted octanol–water partition coefficient (Wildman–Crippen LogP) is 0.912. The van der Waals surface area contributed by atoms with Crippen LogP contribution in [0.25, 0.3) is 0 Å². The number of likely N-dealkylation sites (tertiary alicyclic amines) is 1. The summed E-state index contributed by atoms with van der Waals surface area (Å²) in [7, 11) is 0. The number of amides is 2. The highest BCUT2D eigenvalue weighted by Gasteiger charge is 2.39. The molecule has 1 N–H and O–H groups in total. The fraction of sp³-hybridized carbons (Fsp3) is 0.818. The van der Waals surface area contributed by atoms with Crippen molar-refractivity contribution >= 4 is 11.8 Å². The molecule has 0 aromatic rings. The van der Waals surface area contributed by atoms with Crippen molar-refractivity contribution in [3.05, 3.63) is 0 Å². The van der Waals surface area contributed by atoms with Crippen LogP contribution in [0.4, 0.5) is 0 Å². The van der Waals surface area contributed by atoms with E-state index in [-0.39, 0.29) is 23.9 Å². The van der Waals surface area contributed by atoms with Gasteiger partial charge >= 0.3 is 0 Å². The standard InChI is InChI=1S/C11H20N2O2/c1-4-5-6-12-9-7-10(14)13(8(2)3)11(9)15/h8-9,12H,4-7H2,1-3H3. The Bertz CT molecular complexity index is 251. The summed E-state index contributed by atoms with van der Waals surface area (Å²) in [5, 5.41) is 3.14. The summed E-state index contributed by atoms with van der Waals surface area (Å²) in [6.07, 6.45) is 2.45. The second-order valence-corrected chi connectivity index (χ2v) is 4.26. The average Bonchev–Trinajstić information content (AvgIpc) is 2.42. The fourth-order valence-corrected chi connectivity index (χ4v) is 1.81. The third kappa shape index (κ3) is 2.78. The van der Waals surface area contributed by atoms with E-state index in [1.807, 2.05) is 13.8 Å². The molecule has 0 radical (unpaired) electrons. The van der Waals surface area contributed by atoms with E-state index < -0.39 is 0 Å². The van der Waals surface area contributed by atoms with E-state index in [1.165, 1.54) is 4.90 Å². The van der Waals surface area contributed by atoms with E-state index in [4.69, 9.17) is 0 Å². The number of nitrogens with one attached hydrogen (secondary N) is 1. The Kier molecular flexibility index (Phi) is 4.27. The number of hydrogen-bond acceptors (Lipinski definition) is 3. The summed E-state index contributed by atoms with van der Waals surface area (Å²) < 4.78 is 0. The highest BCUT2D eigenvalue weighted by Crippen LogP contribution is 2.15. The van der Waals surface area contributed by atoms with Crippen molar-refractivity contribution in [2.75, 3.05) is 6.54 Å². The van der Waals surface area contributed by atoms with Crippen LogP contribution in [0.2, 0.25) is 0 Å². The van der Waals surface area contributed by atoms with E-state index in [0.717, 1.165) is 19.4 Å². The van der Waals surface area contributed by atoms with Gasteiger partial charge in [0, 0.05) is 6.04 Å². The first-order chi connectivity index (χ1) is 7.07. The molecule has 4 nitrogen and oxygen atoms in total. The highest BCUT2D eigenvalue weighted by atomic mass is 16.2. The van der Waals surface area contributed by atoms with E-state index >= 15 is 0 Å². The van der Waals surface area contributed by atoms with Crippen LogP contribution in [0.3, 0.4) is 0 Å². The van der Waals surface area contributed by atoms with Crippen LogP contribution in [-0.2, 0) is 9.59 Å². The molecular formula is C11H20N2O2. The van der Waals surface area contributed by atoms with Crippen LogP contribution in [0.1, 0.15) is 40.0 Å². The van der Waals surface area contributed by atoms with Gasteiger partial charge in [-0.05, 0) is 26.8 Å². The average molecular weight is 212 g/mol. The Balaban J connectivity index is 2.50. The SMILES string of the molecule is CCCCNC1CC(=O)N(C(C)C)C1=O. The zero-order chi connectivity index (χ0) is 11.4. The first-order valence-corrected chi connectivity index (χ1v) is 5.67. The molecule has 0 aliphatic carbocycles. The van der Waals surface area contributed by atoms with Crippen molar-refractivity contribution < 1.29 is 9.59 Å². The van der Waals surface area contributed by atoms with Gasteiger partial charge in [-0.25, -0.2) is 0 Å². The third-order valence-corrected chi connectivity index (χ3v) is 2.62.